The fourth-order valence-corrected chi connectivity index (χ4v) is 2.00. The molecule has 0 unspecified atom stereocenters. The normalized spacial score (nSPS) is 11.1. The fraction of sp³-hybridized carbons (Fsp3) is 0.786. The number of unbranched alkanes of at least 4 members (excludes halogenated alkanes) is 1. The molecule has 0 fully saturated rings. The van der Waals surface area contributed by atoms with Crippen molar-refractivity contribution in [1.29, 1.82) is 0 Å². The van der Waals surface area contributed by atoms with Crippen LogP contribution in [0.15, 0.2) is 6.20 Å². The van der Waals surface area contributed by atoms with E-state index in [0.717, 1.165) is 30.6 Å². The third-order valence-electron chi connectivity index (χ3n) is 3.35. The van der Waals surface area contributed by atoms with E-state index in [2.05, 4.69) is 48.8 Å². The number of anilines is 1. The Labute approximate surface area is 106 Å². The van der Waals surface area contributed by atoms with E-state index < -0.39 is 0 Å². The highest BCUT2D eigenvalue weighted by molar-refractivity contribution is 5.28. The molecule has 1 aromatic heterocycles. The first-order chi connectivity index (χ1) is 8.21. The zero-order chi connectivity index (χ0) is 12.7. The molecule has 3 nitrogen and oxygen atoms in total. The first kappa shape index (κ1) is 14.1. The molecule has 1 aromatic rings. The standard InChI is InChI=1S/C14H27N3/c1-5-8-9-17-11-12(4)16-14(17)15-10-13(6-2)7-3/h11,13H,5-10H2,1-4H3,(H,15,16). The molecular formula is C14H27N3. The zero-order valence-corrected chi connectivity index (χ0v) is 11.8. The average molecular weight is 237 g/mol. The van der Waals surface area contributed by atoms with Crippen LogP contribution in [0.5, 0.6) is 0 Å². The molecule has 0 aliphatic carbocycles. The Morgan fingerprint density at radius 3 is 2.59 bits per heavy atom. The lowest BCUT2D eigenvalue weighted by molar-refractivity contribution is 0.515. The SMILES string of the molecule is CCCCn1cc(C)nc1NCC(CC)CC. The monoisotopic (exact) mass is 237 g/mol. The molecule has 3 heteroatoms. The van der Waals surface area contributed by atoms with Crippen LogP contribution in [0.25, 0.3) is 0 Å². The van der Waals surface area contributed by atoms with Crippen molar-refractivity contribution in [2.75, 3.05) is 11.9 Å². The molecule has 0 radical (unpaired) electrons. The molecule has 0 saturated carbocycles. The van der Waals surface area contributed by atoms with Gasteiger partial charge in [-0.2, -0.15) is 0 Å². The summed E-state index contributed by atoms with van der Waals surface area (Å²) in [4.78, 5) is 4.56. The van der Waals surface area contributed by atoms with Crippen molar-refractivity contribution in [3.63, 3.8) is 0 Å². The predicted molar refractivity (Wildman–Crippen MR) is 74.4 cm³/mol. The van der Waals surface area contributed by atoms with Gasteiger partial charge in [0.2, 0.25) is 5.95 Å². The van der Waals surface area contributed by atoms with E-state index in [1.807, 2.05) is 0 Å². The molecule has 0 spiro atoms. The Morgan fingerprint density at radius 1 is 1.29 bits per heavy atom. The van der Waals surface area contributed by atoms with E-state index in [9.17, 15) is 0 Å². The topological polar surface area (TPSA) is 29.9 Å². The minimum absolute atomic E-state index is 0.756. The van der Waals surface area contributed by atoms with Crippen molar-refractivity contribution in [2.45, 2.75) is 59.9 Å². The number of imidazole rings is 1. The third-order valence-corrected chi connectivity index (χ3v) is 3.35. The zero-order valence-electron chi connectivity index (χ0n) is 11.8. The van der Waals surface area contributed by atoms with E-state index in [-0.39, 0.29) is 0 Å². The molecule has 0 amide bonds. The van der Waals surface area contributed by atoms with Crippen LogP contribution in [0.1, 0.15) is 52.1 Å². The third kappa shape index (κ3) is 4.41. The summed E-state index contributed by atoms with van der Waals surface area (Å²) in [6.45, 7) is 10.9. The van der Waals surface area contributed by atoms with Gasteiger partial charge in [0, 0.05) is 19.3 Å². The number of nitrogens with one attached hydrogen (secondary N) is 1. The van der Waals surface area contributed by atoms with Gasteiger partial charge < -0.3 is 9.88 Å². The molecule has 1 rings (SSSR count). The van der Waals surface area contributed by atoms with Gasteiger partial charge in [0.25, 0.3) is 0 Å². The second kappa shape index (κ2) is 7.36. The van der Waals surface area contributed by atoms with Crippen molar-refractivity contribution >= 4 is 5.95 Å². The van der Waals surface area contributed by atoms with Gasteiger partial charge in [0.05, 0.1) is 5.69 Å². The van der Waals surface area contributed by atoms with Gasteiger partial charge in [-0.15, -0.1) is 0 Å². The summed E-state index contributed by atoms with van der Waals surface area (Å²) >= 11 is 0. The first-order valence-corrected chi connectivity index (χ1v) is 6.98. The van der Waals surface area contributed by atoms with Crippen molar-refractivity contribution in [2.24, 2.45) is 5.92 Å². The lowest BCUT2D eigenvalue weighted by atomic mass is 10.0. The van der Waals surface area contributed by atoms with Crippen LogP contribution in [0.3, 0.4) is 0 Å². The summed E-state index contributed by atoms with van der Waals surface area (Å²) in [5, 5.41) is 3.50. The maximum absolute atomic E-state index is 4.56. The minimum Gasteiger partial charge on any atom is -0.355 e. The molecule has 0 atom stereocenters. The number of rotatable bonds is 8. The van der Waals surface area contributed by atoms with E-state index in [1.54, 1.807) is 0 Å². The number of aryl methyl sites for hydroxylation is 2. The average Bonchev–Trinajstić information content (AvgIpc) is 2.68. The van der Waals surface area contributed by atoms with Gasteiger partial charge >= 0.3 is 0 Å². The largest absolute Gasteiger partial charge is 0.355 e. The number of nitrogens with zero attached hydrogens (tertiary/aromatic N) is 2. The predicted octanol–water partition coefficient (Wildman–Crippen LogP) is 3.84. The molecular weight excluding hydrogens is 210 g/mol. The van der Waals surface area contributed by atoms with Crippen LogP contribution in [0.4, 0.5) is 5.95 Å². The van der Waals surface area contributed by atoms with Gasteiger partial charge in [0.15, 0.2) is 0 Å². The molecule has 1 N–H and O–H groups in total. The maximum Gasteiger partial charge on any atom is 0.203 e. The van der Waals surface area contributed by atoms with Crippen LogP contribution < -0.4 is 5.32 Å². The lowest BCUT2D eigenvalue weighted by Crippen LogP contribution is -2.16. The highest BCUT2D eigenvalue weighted by Crippen LogP contribution is 2.13. The van der Waals surface area contributed by atoms with Crippen molar-refractivity contribution < 1.29 is 0 Å². The summed E-state index contributed by atoms with van der Waals surface area (Å²) in [6, 6.07) is 0. The van der Waals surface area contributed by atoms with Gasteiger partial charge in [-0.3, -0.25) is 0 Å². The fourth-order valence-electron chi connectivity index (χ4n) is 2.00. The van der Waals surface area contributed by atoms with E-state index >= 15 is 0 Å². The molecule has 17 heavy (non-hydrogen) atoms. The minimum atomic E-state index is 0.756. The Morgan fingerprint density at radius 2 is 2.00 bits per heavy atom. The van der Waals surface area contributed by atoms with Crippen molar-refractivity contribution in [3.05, 3.63) is 11.9 Å². The van der Waals surface area contributed by atoms with Gasteiger partial charge in [-0.25, -0.2) is 4.98 Å². The highest BCUT2D eigenvalue weighted by Gasteiger charge is 2.07. The first-order valence-electron chi connectivity index (χ1n) is 6.98. The van der Waals surface area contributed by atoms with E-state index in [0.29, 0.717) is 0 Å². The van der Waals surface area contributed by atoms with E-state index in [4.69, 9.17) is 0 Å². The van der Waals surface area contributed by atoms with Gasteiger partial charge in [-0.1, -0.05) is 40.0 Å². The van der Waals surface area contributed by atoms with Crippen molar-refractivity contribution in [3.8, 4) is 0 Å². The van der Waals surface area contributed by atoms with Crippen LogP contribution in [0.2, 0.25) is 0 Å². The lowest BCUT2D eigenvalue weighted by Gasteiger charge is -2.14. The Hall–Kier alpha value is -0.990. The van der Waals surface area contributed by atoms with Crippen LogP contribution >= 0.6 is 0 Å². The number of hydrogen-bond acceptors (Lipinski definition) is 2. The summed E-state index contributed by atoms with van der Waals surface area (Å²) in [6.07, 6.45) is 7.06. The van der Waals surface area contributed by atoms with E-state index in [1.165, 1.54) is 25.7 Å². The molecule has 0 aliphatic heterocycles. The summed E-state index contributed by atoms with van der Waals surface area (Å²) < 4.78 is 2.25. The van der Waals surface area contributed by atoms with Gasteiger partial charge in [0.1, 0.15) is 0 Å². The van der Waals surface area contributed by atoms with Crippen LogP contribution in [0, 0.1) is 12.8 Å². The summed E-state index contributed by atoms with van der Waals surface area (Å²) in [5.74, 6) is 1.80. The quantitative estimate of drug-likeness (QED) is 0.744. The second-order valence-electron chi connectivity index (χ2n) is 4.82. The molecule has 98 valence electrons. The van der Waals surface area contributed by atoms with Gasteiger partial charge in [-0.05, 0) is 19.3 Å². The van der Waals surface area contributed by atoms with Crippen LogP contribution in [-0.4, -0.2) is 16.1 Å². The summed E-state index contributed by atoms with van der Waals surface area (Å²) in [5.41, 5.74) is 1.10. The maximum atomic E-state index is 4.56. The molecule has 0 saturated heterocycles. The Bertz CT molecular complexity index is 313. The molecule has 1 heterocycles. The molecule has 0 aliphatic rings. The Balaban J connectivity index is 2.56. The molecule has 0 aromatic carbocycles. The highest BCUT2D eigenvalue weighted by atomic mass is 15.2. The second-order valence-corrected chi connectivity index (χ2v) is 4.82. The molecule has 0 bridgehead atoms. The number of aromatic nitrogens is 2. The Kier molecular flexibility index (Phi) is 6.09. The van der Waals surface area contributed by atoms with Crippen LogP contribution in [-0.2, 0) is 6.54 Å². The summed E-state index contributed by atoms with van der Waals surface area (Å²) in [7, 11) is 0. The smallest absolute Gasteiger partial charge is 0.203 e. The number of hydrogen-bond donors (Lipinski definition) is 1. The van der Waals surface area contributed by atoms with Crippen molar-refractivity contribution in [1.82, 2.24) is 9.55 Å².